The fourth-order valence-corrected chi connectivity index (χ4v) is 3.81. The molecule has 3 heteroatoms. The number of nitrogens with zero attached hydrogens (tertiary/aromatic N) is 1. The van der Waals surface area contributed by atoms with Gasteiger partial charge in [-0.05, 0) is 25.7 Å². The van der Waals surface area contributed by atoms with Crippen LogP contribution in [0.15, 0.2) is 6.20 Å². The summed E-state index contributed by atoms with van der Waals surface area (Å²) in [7, 11) is 0. The summed E-state index contributed by atoms with van der Waals surface area (Å²) in [5, 5.41) is 1.15. The minimum Gasteiger partial charge on any atom is -0.325 e. The first-order valence-corrected chi connectivity index (χ1v) is 7.13. The predicted octanol–water partition coefficient (Wildman–Crippen LogP) is 3.29. The molecular formula is C13H22N2S. The Labute approximate surface area is 102 Å². The van der Waals surface area contributed by atoms with Crippen molar-refractivity contribution in [1.82, 2.24) is 4.98 Å². The van der Waals surface area contributed by atoms with Gasteiger partial charge < -0.3 is 5.73 Å². The summed E-state index contributed by atoms with van der Waals surface area (Å²) >= 11 is 1.80. The molecule has 1 heterocycles. The van der Waals surface area contributed by atoms with Gasteiger partial charge in [0.05, 0.1) is 5.01 Å². The van der Waals surface area contributed by atoms with Crippen LogP contribution in [0.2, 0.25) is 0 Å². The molecule has 90 valence electrons. The molecule has 1 aliphatic rings. The van der Waals surface area contributed by atoms with Crippen LogP contribution in [0.4, 0.5) is 0 Å². The van der Waals surface area contributed by atoms with Crippen molar-refractivity contribution in [3.8, 4) is 0 Å². The molecule has 0 bridgehead atoms. The summed E-state index contributed by atoms with van der Waals surface area (Å²) in [4.78, 5) is 5.67. The van der Waals surface area contributed by atoms with Crippen molar-refractivity contribution in [2.45, 2.75) is 57.9 Å². The molecule has 2 nitrogen and oxygen atoms in total. The van der Waals surface area contributed by atoms with Crippen molar-refractivity contribution < 1.29 is 0 Å². The Bertz CT molecular complexity index is 347. The lowest BCUT2D eigenvalue weighted by atomic mass is 9.73. The van der Waals surface area contributed by atoms with Crippen LogP contribution in [0.1, 0.15) is 48.9 Å². The highest BCUT2D eigenvalue weighted by atomic mass is 32.1. The highest BCUT2D eigenvalue weighted by molar-refractivity contribution is 7.11. The van der Waals surface area contributed by atoms with E-state index in [0.29, 0.717) is 0 Å². The number of hydrogen-bond donors (Lipinski definition) is 1. The van der Waals surface area contributed by atoms with Crippen LogP contribution in [0.5, 0.6) is 0 Å². The van der Waals surface area contributed by atoms with Crippen LogP contribution in [-0.4, -0.2) is 10.5 Å². The van der Waals surface area contributed by atoms with E-state index in [2.05, 4.69) is 18.8 Å². The minimum atomic E-state index is 0.0396. The van der Waals surface area contributed by atoms with E-state index in [1.165, 1.54) is 37.0 Å². The molecule has 16 heavy (non-hydrogen) atoms. The Kier molecular flexibility index (Phi) is 3.65. The van der Waals surface area contributed by atoms with Crippen LogP contribution in [-0.2, 0) is 6.42 Å². The highest BCUT2D eigenvalue weighted by Crippen LogP contribution is 2.35. The maximum atomic E-state index is 6.55. The van der Waals surface area contributed by atoms with Gasteiger partial charge in [-0.2, -0.15) is 0 Å². The fourth-order valence-electron chi connectivity index (χ4n) is 2.86. The van der Waals surface area contributed by atoms with Crippen molar-refractivity contribution in [2.75, 3.05) is 0 Å². The Hall–Kier alpha value is -0.410. The average Bonchev–Trinajstić information content (AvgIpc) is 2.63. The third-order valence-electron chi connectivity index (χ3n) is 3.76. The summed E-state index contributed by atoms with van der Waals surface area (Å²) in [5.74, 6) is 0.841. The Morgan fingerprint density at radius 2 is 2.44 bits per heavy atom. The van der Waals surface area contributed by atoms with Crippen LogP contribution in [0, 0.1) is 12.8 Å². The topological polar surface area (TPSA) is 38.9 Å². The molecule has 0 saturated heterocycles. The second-order valence-corrected chi connectivity index (χ2v) is 6.57. The molecule has 2 unspecified atom stereocenters. The van der Waals surface area contributed by atoms with Gasteiger partial charge in [0, 0.05) is 23.0 Å². The van der Waals surface area contributed by atoms with E-state index in [1.54, 1.807) is 11.3 Å². The molecule has 2 atom stereocenters. The lowest BCUT2D eigenvalue weighted by Gasteiger charge is -2.37. The van der Waals surface area contributed by atoms with Crippen LogP contribution in [0.3, 0.4) is 0 Å². The predicted molar refractivity (Wildman–Crippen MR) is 69.7 cm³/mol. The third kappa shape index (κ3) is 2.83. The van der Waals surface area contributed by atoms with Crippen LogP contribution >= 0.6 is 11.3 Å². The van der Waals surface area contributed by atoms with Crippen molar-refractivity contribution >= 4 is 11.3 Å². The summed E-state index contributed by atoms with van der Waals surface area (Å²) in [6.07, 6.45) is 9.35. The van der Waals surface area contributed by atoms with E-state index in [-0.39, 0.29) is 5.54 Å². The first kappa shape index (κ1) is 12.1. The van der Waals surface area contributed by atoms with Gasteiger partial charge in [0.15, 0.2) is 0 Å². The lowest BCUT2D eigenvalue weighted by molar-refractivity contribution is 0.219. The second-order valence-electron chi connectivity index (χ2n) is 5.26. The summed E-state index contributed by atoms with van der Waals surface area (Å²) < 4.78 is 0. The Balaban J connectivity index is 2.01. The van der Waals surface area contributed by atoms with Gasteiger partial charge in [0.2, 0.25) is 0 Å². The van der Waals surface area contributed by atoms with E-state index in [4.69, 9.17) is 5.73 Å². The van der Waals surface area contributed by atoms with Gasteiger partial charge >= 0.3 is 0 Å². The quantitative estimate of drug-likeness (QED) is 0.877. The average molecular weight is 238 g/mol. The Morgan fingerprint density at radius 1 is 1.62 bits per heavy atom. The molecule has 0 aromatic carbocycles. The third-order valence-corrected chi connectivity index (χ3v) is 4.67. The number of thiazole rings is 1. The minimum absolute atomic E-state index is 0.0396. The fraction of sp³-hybridized carbons (Fsp3) is 0.769. The SMILES string of the molecule is CCC1CCCC(N)(Cc2cnc(C)s2)C1. The number of aryl methyl sites for hydroxylation is 1. The monoisotopic (exact) mass is 238 g/mol. The van der Waals surface area contributed by atoms with Crippen molar-refractivity contribution in [3.05, 3.63) is 16.1 Å². The maximum absolute atomic E-state index is 6.55. The maximum Gasteiger partial charge on any atom is 0.0896 e. The van der Waals surface area contributed by atoms with E-state index >= 15 is 0 Å². The molecule has 1 fully saturated rings. The van der Waals surface area contributed by atoms with Crippen LogP contribution in [0.25, 0.3) is 0 Å². The molecule has 0 aliphatic heterocycles. The molecule has 1 aliphatic carbocycles. The van der Waals surface area contributed by atoms with E-state index in [1.807, 2.05) is 6.20 Å². The zero-order valence-electron chi connectivity index (χ0n) is 10.3. The van der Waals surface area contributed by atoms with Gasteiger partial charge in [-0.1, -0.05) is 26.2 Å². The lowest BCUT2D eigenvalue weighted by Crippen LogP contribution is -2.46. The summed E-state index contributed by atoms with van der Waals surface area (Å²) in [6, 6.07) is 0. The molecule has 0 spiro atoms. The first-order chi connectivity index (χ1) is 7.61. The largest absolute Gasteiger partial charge is 0.325 e. The van der Waals surface area contributed by atoms with Crippen molar-refractivity contribution in [2.24, 2.45) is 11.7 Å². The number of rotatable bonds is 3. The number of hydrogen-bond acceptors (Lipinski definition) is 3. The zero-order chi connectivity index (χ0) is 11.6. The van der Waals surface area contributed by atoms with Crippen molar-refractivity contribution in [1.29, 1.82) is 0 Å². The van der Waals surface area contributed by atoms with Gasteiger partial charge in [0.1, 0.15) is 0 Å². The van der Waals surface area contributed by atoms with Crippen molar-refractivity contribution in [3.63, 3.8) is 0 Å². The van der Waals surface area contributed by atoms with Gasteiger partial charge in [0.25, 0.3) is 0 Å². The molecule has 1 aromatic rings. The molecule has 0 amide bonds. The van der Waals surface area contributed by atoms with E-state index < -0.39 is 0 Å². The Morgan fingerprint density at radius 3 is 3.06 bits per heavy atom. The summed E-state index contributed by atoms with van der Waals surface area (Å²) in [6.45, 7) is 4.35. The number of aromatic nitrogens is 1. The van der Waals surface area contributed by atoms with Gasteiger partial charge in [-0.25, -0.2) is 4.98 Å². The second kappa shape index (κ2) is 4.84. The van der Waals surface area contributed by atoms with Crippen LogP contribution < -0.4 is 5.73 Å². The normalized spacial score (nSPS) is 30.6. The molecule has 2 N–H and O–H groups in total. The smallest absolute Gasteiger partial charge is 0.0896 e. The number of nitrogens with two attached hydrogens (primary N) is 1. The van der Waals surface area contributed by atoms with Gasteiger partial charge in [-0.15, -0.1) is 11.3 Å². The molecule has 0 radical (unpaired) electrons. The van der Waals surface area contributed by atoms with Gasteiger partial charge in [-0.3, -0.25) is 0 Å². The first-order valence-electron chi connectivity index (χ1n) is 6.31. The summed E-state index contributed by atoms with van der Waals surface area (Å²) in [5.41, 5.74) is 6.58. The molecule has 2 rings (SSSR count). The standard InChI is InChI=1S/C13H22N2S/c1-3-11-5-4-6-13(14,7-11)8-12-9-15-10(2)16-12/h9,11H,3-8,14H2,1-2H3. The zero-order valence-corrected chi connectivity index (χ0v) is 11.1. The van der Waals surface area contributed by atoms with E-state index in [0.717, 1.165) is 17.3 Å². The molecular weight excluding hydrogens is 216 g/mol. The molecule has 1 saturated carbocycles. The molecule has 1 aromatic heterocycles. The highest BCUT2D eigenvalue weighted by Gasteiger charge is 2.32. The van der Waals surface area contributed by atoms with E-state index in [9.17, 15) is 0 Å².